The van der Waals surface area contributed by atoms with Gasteiger partial charge in [0.1, 0.15) is 0 Å². The fourth-order valence-electron chi connectivity index (χ4n) is 2.16. The minimum Gasteiger partial charge on any atom is -0.394 e. The van der Waals surface area contributed by atoms with Crippen LogP contribution in [0.25, 0.3) is 0 Å². The predicted molar refractivity (Wildman–Crippen MR) is 65.7 cm³/mol. The molecule has 0 spiro atoms. The van der Waals surface area contributed by atoms with Gasteiger partial charge in [0, 0.05) is 37.7 Å². The quantitative estimate of drug-likeness (QED) is 0.819. The lowest BCUT2D eigenvalue weighted by Crippen LogP contribution is -2.51. The molecule has 1 aliphatic heterocycles. The lowest BCUT2D eigenvalue weighted by molar-refractivity contribution is 0.0111. The van der Waals surface area contributed by atoms with Gasteiger partial charge in [-0.25, -0.2) is 0 Å². The van der Waals surface area contributed by atoms with E-state index in [0.29, 0.717) is 0 Å². The van der Waals surface area contributed by atoms with Crippen molar-refractivity contribution in [3.63, 3.8) is 0 Å². The number of ether oxygens (including phenoxy) is 1. The van der Waals surface area contributed by atoms with E-state index in [-0.39, 0.29) is 12.1 Å². The van der Waals surface area contributed by atoms with Gasteiger partial charge in [0.15, 0.2) is 0 Å². The summed E-state index contributed by atoms with van der Waals surface area (Å²) in [5.74, 6) is 0. The summed E-state index contributed by atoms with van der Waals surface area (Å²) in [7, 11) is 0. The van der Waals surface area contributed by atoms with Crippen molar-refractivity contribution >= 4 is 0 Å². The zero-order valence-corrected chi connectivity index (χ0v) is 10.3. The van der Waals surface area contributed by atoms with Crippen LogP contribution in [-0.4, -0.2) is 35.5 Å². The molecule has 0 bridgehead atoms. The molecule has 1 fully saturated rings. The molecular weight excluding hydrogens is 216 g/mol. The van der Waals surface area contributed by atoms with Gasteiger partial charge in [-0.05, 0) is 30.9 Å². The average Bonchev–Trinajstić information content (AvgIpc) is 2.38. The summed E-state index contributed by atoms with van der Waals surface area (Å²) in [6, 6.07) is 2.12. The van der Waals surface area contributed by atoms with Crippen molar-refractivity contribution in [2.24, 2.45) is 0 Å². The summed E-state index contributed by atoms with van der Waals surface area (Å²) < 4.78 is 5.33. The topological polar surface area (TPSA) is 54.4 Å². The maximum absolute atomic E-state index is 9.54. The molecule has 0 saturated carbocycles. The molecule has 1 aromatic rings. The van der Waals surface area contributed by atoms with Crippen molar-refractivity contribution in [3.8, 4) is 0 Å². The van der Waals surface area contributed by atoms with Crippen LogP contribution in [0.2, 0.25) is 0 Å². The minimum atomic E-state index is -0.179. The highest BCUT2D eigenvalue weighted by Gasteiger charge is 2.31. The van der Waals surface area contributed by atoms with E-state index < -0.39 is 0 Å². The fourth-order valence-corrected chi connectivity index (χ4v) is 2.16. The maximum atomic E-state index is 9.54. The van der Waals surface area contributed by atoms with E-state index in [2.05, 4.69) is 16.4 Å². The van der Waals surface area contributed by atoms with Crippen LogP contribution < -0.4 is 5.32 Å². The van der Waals surface area contributed by atoms with E-state index in [1.54, 1.807) is 0 Å². The van der Waals surface area contributed by atoms with Gasteiger partial charge in [0.2, 0.25) is 0 Å². The summed E-state index contributed by atoms with van der Waals surface area (Å²) in [4.78, 5) is 4.17. The first-order valence-corrected chi connectivity index (χ1v) is 6.08. The third kappa shape index (κ3) is 3.25. The molecule has 94 valence electrons. The maximum Gasteiger partial charge on any atom is 0.0615 e. The Morgan fingerprint density at radius 1 is 1.41 bits per heavy atom. The first-order chi connectivity index (χ1) is 8.24. The van der Waals surface area contributed by atoms with Crippen molar-refractivity contribution in [2.45, 2.75) is 31.8 Å². The second-order valence-corrected chi connectivity index (χ2v) is 4.77. The molecule has 2 N–H and O–H groups in total. The van der Waals surface area contributed by atoms with E-state index in [9.17, 15) is 5.11 Å². The SMILES string of the molecule is Cc1cncc(CNC2(CO)CCOCC2)c1. The predicted octanol–water partition coefficient (Wildman–Crippen LogP) is 1.02. The van der Waals surface area contributed by atoms with Crippen LogP contribution in [0.1, 0.15) is 24.0 Å². The zero-order chi connectivity index (χ0) is 12.1. The van der Waals surface area contributed by atoms with Crippen molar-refractivity contribution in [1.82, 2.24) is 10.3 Å². The van der Waals surface area contributed by atoms with E-state index in [4.69, 9.17) is 4.74 Å². The Kier molecular flexibility index (Phi) is 4.10. The highest BCUT2D eigenvalue weighted by Crippen LogP contribution is 2.20. The standard InChI is InChI=1S/C13H20N2O2/c1-11-6-12(8-14-7-11)9-15-13(10-16)2-4-17-5-3-13/h6-8,15-16H,2-5,9-10H2,1H3. The summed E-state index contributed by atoms with van der Waals surface area (Å²) in [6.07, 6.45) is 5.44. The number of aromatic nitrogens is 1. The van der Waals surface area contributed by atoms with E-state index in [1.807, 2.05) is 19.3 Å². The highest BCUT2D eigenvalue weighted by atomic mass is 16.5. The molecule has 0 radical (unpaired) electrons. The minimum absolute atomic E-state index is 0.162. The third-order valence-corrected chi connectivity index (χ3v) is 3.35. The van der Waals surface area contributed by atoms with Crippen LogP contribution in [0.5, 0.6) is 0 Å². The van der Waals surface area contributed by atoms with E-state index in [0.717, 1.165) is 43.7 Å². The van der Waals surface area contributed by atoms with Crippen molar-refractivity contribution in [3.05, 3.63) is 29.6 Å². The highest BCUT2D eigenvalue weighted by molar-refractivity contribution is 5.16. The molecule has 1 aromatic heterocycles. The van der Waals surface area contributed by atoms with Gasteiger partial charge >= 0.3 is 0 Å². The Balaban J connectivity index is 1.95. The number of hydrogen-bond donors (Lipinski definition) is 2. The van der Waals surface area contributed by atoms with Crippen LogP contribution in [-0.2, 0) is 11.3 Å². The lowest BCUT2D eigenvalue weighted by atomic mass is 9.91. The molecule has 0 atom stereocenters. The molecule has 2 heterocycles. The molecule has 2 rings (SSSR count). The van der Waals surface area contributed by atoms with Gasteiger partial charge in [-0.3, -0.25) is 4.98 Å². The summed E-state index contributed by atoms with van der Waals surface area (Å²) >= 11 is 0. The molecule has 0 amide bonds. The van der Waals surface area contributed by atoms with Crippen molar-refractivity contribution < 1.29 is 9.84 Å². The Hall–Kier alpha value is -0.970. The molecule has 4 nitrogen and oxygen atoms in total. The zero-order valence-electron chi connectivity index (χ0n) is 10.3. The molecule has 0 aromatic carbocycles. The molecule has 17 heavy (non-hydrogen) atoms. The molecule has 4 heteroatoms. The summed E-state index contributed by atoms with van der Waals surface area (Å²) in [5, 5.41) is 13.0. The molecule has 1 saturated heterocycles. The Labute approximate surface area is 102 Å². The number of hydrogen-bond acceptors (Lipinski definition) is 4. The van der Waals surface area contributed by atoms with Gasteiger partial charge in [0.05, 0.1) is 6.61 Å². The van der Waals surface area contributed by atoms with Crippen molar-refractivity contribution in [2.75, 3.05) is 19.8 Å². The van der Waals surface area contributed by atoms with E-state index in [1.165, 1.54) is 0 Å². The average molecular weight is 236 g/mol. The van der Waals surface area contributed by atoms with Crippen LogP contribution in [0.15, 0.2) is 18.5 Å². The fraction of sp³-hybridized carbons (Fsp3) is 0.615. The number of aliphatic hydroxyl groups is 1. The largest absolute Gasteiger partial charge is 0.394 e. The van der Waals surface area contributed by atoms with Gasteiger partial charge in [0.25, 0.3) is 0 Å². The van der Waals surface area contributed by atoms with Gasteiger partial charge < -0.3 is 15.2 Å². The van der Waals surface area contributed by atoms with Crippen LogP contribution in [0.4, 0.5) is 0 Å². The third-order valence-electron chi connectivity index (χ3n) is 3.35. The first-order valence-electron chi connectivity index (χ1n) is 6.08. The van der Waals surface area contributed by atoms with Gasteiger partial charge in [-0.2, -0.15) is 0 Å². The number of nitrogens with zero attached hydrogens (tertiary/aromatic N) is 1. The number of pyridine rings is 1. The summed E-state index contributed by atoms with van der Waals surface area (Å²) in [5.41, 5.74) is 2.14. The number of rotatable bonds is 4. The van der Waals surface area contributed by atoms with Crippen molar-refractivity contribution in [1.29, 1.82) is 0 Å². The van der Waals surface area contributed by atoms with Crippen LogP contribution >= 0.6 is 0 Å². The Morgan fingerprint density at radius 3 is 2.82 bits per heavy atom. The molecule has 0 aliphatic carbocycles. The van der Waals surface area contributed by atoms with Crippen LogP contribution in [0.3, 0.4) is 0 Å². The van der Waals surface area contributed by atoms with Crippen LogP contribution in [0, 0.1) is 6.92 Å². The lowest BCUT2D eigenvalue weighted by Gasteiger charge is -2.36. The number of nitrogens with one attached hydrogen (secondary N) is 1. The first kappa shape index (κ1) is 12.5. The second-order valence-electron chi connectivity index (χ2n) is 4.77. The van der Waals surface area contributed by atoms with Gasteiger partial charge in [-0.15, -0.1) is 0 Å². The molecule has 1 aliphatic rings. The Morgan fingerprint density at radius 2 is 2.18 bits per heavy atom. The van der Waals surface area contributed by atoms with E-state index >= 15 is 0 Å². The Bertz CT molecular complexity index is 362. The number of aliphatic hydroxyl groups excluding tert-OH is 1. The molecular formula is C13H20N2O2. The normalized spacial score (nSPS) is 19.2. The smallest absolute Gasteiger partial charge is 0.0615 e. The van der Waals surface area contributed by atoms with Gasteiger partial charge in [-0.1, -0.05) is 6.07 Å². The summed E-state index contributed by atoms with van der Waals surface area (Å²) in [6.45, 7) is 4.39. The molecule has 0 unspecified atom stereocenters. The second kappa shape index (κ2) is 5.58. The number of aryl methyl sites for hydroxylation is 1. The monoisotopic (exact) mass is 236 g/mol.